The Morgan fingerprint density at radius 3 is 2.67 bits per heavy atom. The highest BCUT2D eigenvalue weighted by molar-refractivity contribution is 7.89. The summed E-state index contributed by atoms with van der Waals surface area (Å²) in [6.45, 7) is 1.12. The van der Waals surface area contributed by atoms with Crippen molar-refractivity contribution >= 4 is 10.0 Å². The van der Waals surface area contributed by atoms with Crippen molar-refractivity contribution < 1.29 is 18.3 Å². The van der Waals surface area contributed by atoms with Crippen LogP contribution in [-0.4, -0.2) is 50.7 Å². The fraction of sp³-hybridized carbons (Fsp3) is 0.600. The maximum absolute atomic E-state index is 12.6. The van der Waals surface area contributed by atoms with Crippen molar-refractivity contribution in [1.29, 1.82) is 0 Å². The van der Waals surface area contributed by atoms with Crippen molar-refractivity contribution in [2.24, 2.45) is 0 Å². The lowest BCUT2D eigenvalue weighted by atomic mass is 10.1. The Morgan fingerprint density at radius 1 is 1.33 bits per heavy atom. The first-order chi connectivity index (χ1) is 10.1. The molecule has 1 aromatic carbocycles. The number of sulfonamides is 1. The van der Waals surface area contributed by atoms with Gasteiger partial charge in [0.05, 0.1) is 11.0 Å². The Morgan fingerprint density at radius 2 is 2.05 bits per heavy atom. The van der Waals surface area contributed by atoms with E-state index in [1.165, 1.54) is 4.31 Å². The predicted molar refractivity (Wildman–Crippen MR) is 80.6 cm³/mol. The zero-order chi connectivity index (χ0) is 15.3. The smallest absolute Gasteiger partial charge is 0.243 e. The molecule has 0 radical (unpaired) electrons. The van der Waals surface area contributed by atoms with E-state index in [2.05, 4.69) is 0 Å². The zero-order valence-electron chi connectivity index (χ0n) is 12.4. The van der Waals surface area contributed by atoms with Gasteiger partial charge in [-0.3, -0.25) is 0 Å². The lowest BCUT2D eigenvalue weighted by Crippen LogP contribution is -2.42. The highest BCUT2D eigenvalue weighted by Gasteiger charge is 2.30. The number of aliphatic hydroxyl groups excluding tert-OH is 1. The largest absolute Gasteiger partial charge is 0.396 e. The minimum atomic E-state index is -3.44. The number of aliphatic hydroxyl groups is 1. The normalized spacial score (nSPS) is 20.6. The summed E-state index contributed by atoms with van der Waals surface area (Å²) in [6, 6.07) is 6.94. The van der Waals surface area contributed by atoms with Crippen LogP contribution in [0.15, 0.2) is 29.2 Å². The Labute approximate surface area is 126 Å². The van der Waals surface area contributed by atoms with Crippen molar-refractivity contribution in [1.82, 2.24) is 4.31 Å². The molecule has 6 heteroatoms. The molecular formula is C15H23NO4S. The Bertz CT molecular complexity index is 541. The molecule has 118 valence electrons. The van der Waals surface area contributed by atoms with E-state index in [4.69, 9.17) is 9.84 Å². The molecule has 2 rings (SSSR count). The highest BCUT2D eigenvalue weighted by atomic mass is 32.2. The van der Waals surface area contributed by atoms with Gasteiger partial charge in [0.15, 0.2) is 0 Å². The second-order valence-corrected chi connectivity index (χ2v) is 7.27. The van der Waals surface area contributed by atoms with Gasteiger partial charge in [-0.05, 0) is 43.4 Å². The molecule has 1 atom stereocenters. The molecule has 0 saturated carbocycles. The van der Waals surface area contributed by atoms with Crippen LogP contribution in [0.5, 0.6) is 0 Å². The molecule has 1 fully saturated rings. The fourth-order valence-corrected chi connectivity index (χ4v) is 4.09. The van der Waals surface area contributed by atoms with Gasteiger partial charge in [0, 0.05) is 26.8 Å². The molecule has 5 nitrogen and oxygen atoms in total. The fourth-order valence-electron chi connectivity index (χ4n) is 2.58. The van der Waals surface area contributed by atoms with E-state index in [0.29, 0.717) is 24.4 Å². The SMILES string of the molecule is COC1CCCN(S(=O)(=O)c2ccc(CCCO)cc2)C1. The van der Waals surface area contributed by atoms with E-state index >= 15 is 0 Å². The molecule has 1 aliphatic heterocycles. The lowest BCUT2D eigenvalue weighted by molar-refractivity contribution is 0.0572. The number of hydrogen-bond acceptors (Lipinski definition) is 4. The van der Waals surface area contributed by atoms with Gasteiger partial charge in [-0.25, -0.2) is 8.42 Å². The number of benzene rings is 1. The van der Waals surface area contributed by atoms with Crippen LogP contribution in [0.2, 0.25) is 0 Å². The quantitative estimate of drug-likeness (QED) is 0.862. The van der Waals surface area contributed by atoms with Crippen LogP contribution in [0.3, 0.4) is 0 Å². The monoisotopic (exact) mass is 313 g/mol. The second kappa shape index (κ2) is 7.35. The van der Waals surface area contributed by atoms with Crippen LogP contribution in [-0.2, 0) is 21.2 Å². The maximum Gasteiger partial charge on any atom is 0.243 e. The number of rotatable bonds is 6. The highest BCUT2D eigenvalue weighted by Crippen LogP contribution is 2.22. The first-order valence-electron chi connectivity index (χ1n) is 7.30. The molecule has 1 heterocycles. The molecule has 0 aromatic heterocycles. The number of hydrogen-bond donors (Lipinski definition) is 1. The first kappa shape index (κ1) is 16.4. The summed E-state index contributed by atoms with van der Waals surface area (Å²) in [5.41, 5.74) is 1.04. The van der Waals surface area contributed by atoms with E-state index < -0.39 is 10.0 Å². The van der Waals surface area contributed by atoms with E-state index in [0.717, 1.165) is 24.8 Å². The second-order valence-electron chi connectivity index (χ2n) is 5.33. The number of ether oxygens (including phenoxy) is 1. The lowest BCUT2D eigenvalue weighted by Gasteiger charge is -2.31. The van der Waals surface area contributed by atoms with Crippen LogP contribution in [0.4, 0.5) is 0 Å². The van der Waals surface area contributed by atoms with Gasteiger partial charge < -0.3 is 9.84 Å². The molecule has 0 spiro atoms. The van der Waals surface area contributed by atoms with E-state index in [-0.39, 0.29) is 12.7 Å². The maximum atomic E-state index is 12.6. The minimum Gasteiger partial charge on any atom is -0.396 e. The Hall–Kier alpha value is -0.950. The topological polar surface area (TPSA) is 66.8 Å². The van der Waals surface area contributed by atoms with Crippen molar-refractivity contribution in [2.45, 2.75) is 36.7 Å². The van der Waals surface area contributed by atoms with Gasteiger partial charge in [0.1, 0.15) is 0 Å². The Kier molecular flexibility index (Phi) is 5.75. The summed E-state index contributed by atoms with van der Waals surface area (Å²) < 4.78 is 32.0. The molecule has 1 unspecified atom stereocenters. The molecule has 1 N–H and O–H groups in total. The number of aryl methyl sites for hydroxylation is 1. The van der Waals surface area contributed by atoms with Crippen LogP contribution in [0.1, 0.15) is 24.8 Å². The third-order valence-corrected chi connectivity index (χ3v) is 5.74. The van der Waals surface area contributed by atoms with Crippen molar-refractivity contribution in [2.75, 3.05) is 26.8 Å². The van der Waals surface area contributed by atoms with Crippen LogP contribution < -0.4 is 0 Å². The van der Waals surface area contributed by atoms with Gasteiger partial charge in [0.25, 0.3) is 0 Å². The van der Waals surface area contributed by atoms with Gasteiger partial charge in [-0.15, -0.1) is 0 Å². The summed E-state index contributed by atoms with van der Waals surface area (Å²) in [6.07, 6.45) is 3.16. The van der Waals surface area contributed by atoms with Crippen LogP contribution >= 0.6 is 0 Å². The number of piperidine rings is 1. The molecule has 1 saturated heterocycles. The molecule has 0 amide bonds. The van der Waals surface area contributed by atoms with Gasteiger partial charge >= 0.3 is 0 Å². The standard InChI is InChI=1S/C15H23NO4S/c1-20-14-5-2-10-16(12-14)21(18,19)15-8-6-13(7-9-15)4-3-11-17/h6-9,14,17H,2-5,10-12H2,1H3. The van der Waals surface area contributed by atoms with Crippen molar-refractivity contribution in [3.8, 4) is 0 Å². The van der Waals surface area contributed by atoms with Gasteiger partial charge in [0.2, 0.25) is 10.0 Å². The van der Waals surface area contributed by atoms with Gasteiger partial charge in [-0.1, -0.05) is 12.1 Å². The Balaban J connectivity index is 2.11. The molecule has 21 heavy (non-hydrogen) atoms. The minimum absolute atomic E-state index is 0.0163. The van der Waals surface area contributed by atoms with Gasteiger partial charge in [-0.2, -0.15) is 4.31 Å². The van der Waals surface area contributed by atoms with Crippen LogP contribution in [0, 0.1) is 0 Å². The summed E-state index contributed by atoms with van der Waals surface area (Å²) in [4.78, 5) is 0.326. The summed E-state index contributed by atoms with van der Waals surface area (Å²) in [5, 5.41) is 8.82. The van der Waals surface area contributed by atoms with Crippen molar-refractivity contribution in [3.05, 3.63) is 29.8 Å². The average Bonchev–Trinajstić information content (AvgIpc) is 2.53. The summed E-state index contributed by atoms with van der Waals surface area (Å²) in [7, 11) is -1.82. The molecule has 1 aromatic rings. The summed E-state index contributed by atoms with van der Waals surface area (Å²) in [5.74, 6) is 0. The molecule has 1 aliphatic rings. The molecular weight excluding hydrogens is 290 g/mol. The van der Waals surface area contributed by atoms with Crippen LogP contribution in [0.25, 0.3) is 0 Å². The van der Waals surface area contributed by atoms with Crippen molar-refractivity contribution in [3.63, 3.8) is 0 Å². The first-order valence-corrected chi connectivity index (χ1v) is 8.74. The molecule has 0 aliphatic carbocycles. The van der Waals surface area contributed by atoms with E-state index in [1.54, 1.807) is 19.2 Å². The third kappa shape index (κ3) is 4.03. The average molecular weight is 313 g/mol. The van der Waals surface area contributed by atoms with E-state index in [9.17, 15) is 8.42 Å². The molecule has 0 bridgehead atoms. The number of nitrogens with zero attached hydrogens (tertiary/aromatic N) is 1. The predicted octanol–water partition coefficient (Wildman–Crippen LogP) is 1.41. The third-order valence-electron chi connectivity index (χ3n) is 3.86. The zero-order valence-corrected chi connectivity index (χ0v) is 13.2. The summed E-state index contributed by atoms with van der Waals surface area (Å²) >= 11 is 0. The van der Waals surface area contributed by atoms with E-state index in [1.807, 2.05) is 12.1 Å². The number of methoxy groups -OCH3 is 1.